The minimum absolute atomic E-state index is 0.0509. The van der Waals surface area contributed by atoms with Gasteiger partial charge < -0.3 is 20.1 Å². The van der Waals surface area contributed by atoms with Crippen molar-refractivity contribution in [2.45, 2.75) is 31.7 Å². The van der Waals surface area contributed by atoms with Gasteiger partial charge >= 0.3 is 0 Å². The minimum atomic E-state index is -0.109. The Morgan fingerprint density at radius 3 is 2.61 bits per heavy atom. The predicted molar refractivity (Wildman–Crippen MR) is 65.9 cm³/mol. The number of amides is 2. The Bertz CT molecular complexity index is 275. The number of rotatable bonds is 6. The highest BCUT2D eigenvalue weighted by Gasteiger charge is 2.23. The summed E-state index contributed by atoms with van der Waals surface area (Å²) in [7, 11) is 1.49. The van der Waals surface area contributed by atoms with Crippen LogP contribution in [0.4, 0.5) is 0 Å². The van der Waals surface area contributed by atoms with Crippen molar-refractivity contribution in [1.29, 1.82) is 0 Å². The van der Waals surface area contributed by atoms with Gasteiger partial charge in [0.25, 0.3) is 0 Å². The molecule has 2 amide bonds. The van der Waals surface area contributed by atoms with E-state index in [4.69, 9.17) is 9.84 Å². The summed E-state index contributed by atoms with van der Waals surface area (Å²) in [5.41, 5.74) is 0. The van der Waals surface area contributed by atoms with Gasteiger partial charge in [0.05, 0.1) is 0 Å². The van der Waals surface area contributed by atoms with Gasteiger partial charge in [0.1, 0.15) is 6.61 Å². The van der Waals surface area contributed by atoms with Gasteiger partial charge in [-0.3, -0.25) is 9.59 Å². The van der Waals surface area contributed by atoms with Crippen LogP contribution >= 0.6 is 0 Å². The fourth-order valence-corrected chi connectivity index (χ4v) is 2.06. The molecule has 0 aromatic carbocycles. The number of methoxy groups -OCH3 is 1. The molecule has 18 heavy (non-hydrogen) atoms. The van der Waals surface area contributed by atoms with Crippen LogP contribution in [0.1, 0.15) is 25.7 Å². The van der Waals surface area contributed by atoms with Crippen molar-refractivity contribution in [1.82, 2.24) is 10.2 Å². The van der Waals surface area contributed by atoms with E-state index < -0.39 is 0 Å². The van der Waals surface area contributed by atoms with Crippen molar-refractivity contribution in [3.8, 4) is 0 Å². The number of ether oxygens (including phenoxy) is 1. The van der Waals surface area contributed by atoms with Crippen molar-refractivity contribution in [2.75, 3.05) is 33.4 Å². The standard InChI is InChI=1S/C12H22N2O4/c1-18-9-11(16)13-10-4-6-14(7-5-10)12(17)3-2-8-15/h10,15H,2-9H2,1H3,(H,13,16). The second-order valence-corrected chi connectivity index (χ2v) is 4.48. The second kappa shape index (κ2) is 8.05. The molecule has 0 aromatic rings. The van der Waals surface area contributed by atoms with E-state index in [0.29, 0.717) is 25.9 Å². The second-order valence-electron chi connectivity index (χ2n) is 4.48. The SMILES string of the molecule is COCC(=O)NC1CCN(C(=O)CCCO)CC1. The summed E-state index contributed by atoms with van der Waals surface area (Å²) < 4.78 is 4.75. The highest BCUT2D eigenvalue weighted by Crippen LogP contribution is 2.12. The van der Waals surface area contributed by atoms with Crippen molar-refractivity contribution >= 4 is 11.8 Å². The molecule has 6 heteroatoms. The smallest absolute Gasteiger partial charge is 0.246 e. The Hall–Kier alpha value is -1.14. The maximum Gasteiger partial charge on any atom is 0.246 e. The topological polar surface area (TPSA) is 78.9 Å². The molecule has 0 atom stereocenters. The van der Waals surface area contributed by atoms with Gasteiger partial charge in [0.2, 0.25) is 11.8 Å². The number of hydrogen-bond donors (Lipinski definition) is 2. The van der Waals surface area contributed by atoms with Crippen LogP contribution in [0.3, 0.4) is 0 Å². The quantitative estimate of drug-likeness (QED) is 0.674. The van der Waals surface area contributed by atoms with E-state index in [9.17, 15) is 9.59 Å². The van der Waals surface area contributed by atoms with Gasteiger partial charge in [0, 0.05) is 39.3 Å². The zero-order valence-corrected chi connectivity index (χ0v) is 10.9. The number of aliphatic hydroxyl groups is 1. The lowest BCUT2D eigenvalue weighted by molar-refractivity contribution is -0.132. The van der Waals surface area contributed by atoms with Crippen LogP contribution in [-0.4, -0.2) is 61.3 Å². The minimum Gasteiger partial charge on any atom is -0.396 e. The molecule has 1 aliphatic rings. The summed E-state index contributed by atoms with van der Waals surface area (Å²) in [6.07, 6.45) is 2.47. The lowest BCUT2D eigenvalue weighted by Gasteiger charge is -2.32. The molecule has 0 radical (unpaired) electrons. The van der Waals surface area contributed by atoms with Gasteiger partial charge in [0.15, 0.2) is 0 Å². The molecular formula is C12H22N2O4. The molecule has 1 rings (SSSR count). The first kappa shape index (κ1) is 14.9. The van der Waals surface area contributed by atoms with E-state index in [0.717, 1.165) is 12.8 Å². The number of carbonyl (C=O) groups is 2. The average molecular weight is 258 g/mol. The first-order chi connectivity index (χ1) is 8.67. The van der Waals surface area contributed by atoms with Crippen LogP contribution in [-0.2, 0) is 14.3 Å². The largest absolute Gasteiger partial charge is 0.396 e. The van der Waals surface area contributed by atoms with Gasteiger partial charge in [-0.1, -0.05) is 0 Å². The van der Waals surface area contributed by atoms with Gasteiger partial charge in [-0.05, 0) is 19.3 Å². The molecule has 1 aliphatic heterocycles. The Kier molecular flexibility index (Phi) is 6.67. The van der Waals surface area contributed by atoms with Crippen molar-refractivity contribution < 1.29 is 19.4 Å². The van der Waals surface area contributed by atoms with Gasteiger partial charge in [-0.25, -0.2) is 0 Å². The van der Waals surface area contributed by atoms with Crippen LogP contribution in [0, 0.1) is 0 Å². The summed E-state index contributed by atoms with van der Waals surface area (Å²) in [4.78, 5) is 24.8. The summed E-state index contributed by atoms with van der Waals surface area (Å²) in [5.74, 6) is -0.0201. The Balaban J connectivity index is 2.23. The van der Waals surface area contributed by atoms with E-state index in [-0.39, 0.29) is 31.1 Å². The Morgan fingerprint density at radius 2 is 2.06 bits per heavy atom. The highest BCUT2D eigenvalue weighted by atomic mass is 16.5. The molecule has 2 N–H and O–H groups in total. The van der Waals surface area contributed by atoms with Gasteiger partial charge in [-0.15, -0.1) is 0 Å². The fraction of sp³-hybridized carbons (Fsp3) is 0.833. The van der Waals surface area contributed by atoms with Crippen LogP contribution in [0.5, 0.6) is 0 Å². The first-order valence-electron chi connectivity index (χ1n) is 6.34. The predicted octanol–water partition coefficient (Wildman–Crippen LogP) is -0.487. The molecule has 0 saturated carbocycles. The normalized spacial score (nSPS) is 16.7. The number of nitrogens with one attached hydrogen (secondary N) is 1. The molecule has 0 bridgehead atoms. The van der Waals surface area contributed by atoms with Crippen molar-refractivity contribution in [3.63, 3.8) is 0 Å². The van der Waals surface area contributed by atoms with Crippen molar-refractivity contribution in [3.05, 3.63) is 0 Å². The number of hydrogen-bond acceptors (Lipinski definition) is 4. The Morgan fingerprint density at radius 1 is 1.39 bits per heavy atom. The van der Waals surface area contributed by atoms with E-state index >= 15 is 0 Å². The molecule has 0 unspecified atom stereocenters. The third kappa shape index (κ3) is 5.01. The van der Waals surface area contributed by atoms with E-state index in [1.807, 2.05) is 0 Å². The number of nitrogens with zero attached hydrogens (tertiary/aromatic N) is 1. The Labute approximate surface area is 107 Å². The van der Waals surface area contributed by atoms with Gasteiger partial charge in [-0.2, -0.15) is 0 Å². The summed E-state index contributed by atoms with van der Waals surface area (Å²) >= 11 is 0. The van der Waals surface area contributed by atoms with Crippen LogP contribution < -0.4 is 5.32 Å². The van der Waals surface area contributed by atoms with E-state index in [2.05, 4.69) is 5.32 Å². The molecule has 0 spiro atoms. The first-order valence-corrected chi connectivity index (χ1v) is 6.34. The lowest BCUT2D eigenvalue weighted by Crippen LogP contribution is -2.47. The number of carbonyl (C=O) groups excluding carboxylic acids is 2. The molecule has 1 saturated heterocycles. The number of piperidine rings is 1. The fourth-order valence-electron chi connectivity index (χ4n) is 2.06. The zero-order valence-electron chi connectivity index (χ0n) is 10.9. The third-order valence-corrected chi connectivity index (χ3v) is 3.04. The molecule has 0 aliphatic carbocycles. The summed E-state index contributed by atoms with van der Waals surface area (Å²) in [6, 6.07) is 0.134. The molecule has 1 heterocycles. The van der Waals surface area contributed by atoms with Crippen LogP contribution in [0.2, 0.25) is 0 Å². The molecule has 1 fully saturated rings. The van der Waals surface area contributed by atoms with E-state index in [1.54, 1.807) is 4.90 Å². The van der Waals surface area contributed by atoms with Crippen LogP contribution in [0.15, 0.2) is 0 Å². The maximum absolute atomic E-state index is 11.7. The molecule has 6 nitrogen and oxygen atoms in total. The maximum atomic E-state index is 11.7. The summed E-state index contributed by atoms with van der Waals surface area (Å²) in [5, 5.41) is 11.6. The third-order valence-electron chi connectivity index (χ3n) is 3.04. The number of aliphatic hydroxyl groups excluding tert-OH is 1. The lowest BCUT2D eigenvalue weighted by atomic mass is 10.0. The van der Waals surface area contributed by atoms with Crippen molar-refractivity contribution in [2.24, 2.45) is 0 Å². The molecule has 0 aromatic heterocycles. The zero-order chi connectivity index (χ0) is 13.4. The summed E-state index contributed by atoms with van der Waals surface area (Å²) in [6.45, 7) is 1.47. The van der Waals surface area contributed by atoms with E-state index in [1.165, 1.54) is 7.11 Å². The highest BCUT2D eigenvalue weighted by molar-refractivity contribution is 5.78. The monoisotopic (exact) mass is 258 g/mol. The van der Waals surface area contributed by atoms with Crippen LogP contribution in [0.25, 0.3) is 0 Å². The molecule has 104 valence electrons. The average Bonchev–Trinajstić information content (AvgIpc) is 2.37. The number of likely N-dealkylation sites (tertiary alicyclic amines) is 1. The molecular weight excluding hydrogens is 236 g/mol.